The molecule has 2 rings (SSSR count). The Morgan fingerprint density at radius 2 is 2.12 bits per heavy atom. The summed E-state index contributed by atoms with van der Waals surface area (Å²) < 4.78 is 15.3. The summed E-state index contributed by atoms with van der Waals surface area (Å²) >= 11 is 0. The van der Waals surface area contributed by atoms with Crippen LogP contribution in [-0.4, -0.2) is 27.0 Å². The number of esters is 1. The third kappa shape index (κ3) is 2.33. The smallest absolute Gasteiger partial charge is 0.312 e. The lowest BCUT2D eigenvalue weighted by molar-refractivity contribution is -0.155. The standard InChI is InChI=1S/C13H16O4/c1-15-8-17-12-10-6-4-3-5-9(10)7-11(12)13(14)16-2/h3-6,11-12H,7-8H2,1-2H3/t11-,12-/m1/s1. The number of hydrogen-bond acceptors (Lipinski definition) is 4. The molecule has 0 fully saturated rings. The maximum atomic E-state index is 11.7. The number of ether oxygens (including phenoxy) is 3. The van der Waals surface area contributed by atoms with E-state index in [1.807, 2.05) is 24.3 Å². The lowest BCUT2D eigenvalue weighted by atomic mass is 10.0. The van der Waals surface area contributed by atoms with E-state index in [-0.39, 0.29) is 24.8 Å². The van der Waals surface area contributed by atoms with Crippen molar-refractivity contribution in [2.24, 2.45) is 5.92 Å². The Bertz CT molecular complexity index is 402. The first kappa shape index (κ1) is 12.1. The summed E-state index contributed by atoms with van der Waals surface area (Å²) in [6.45, 7) is 0.173. The number of carbonyl (C=O) groups excluding carboxylic acids is 1. The first-order valence-electron chi connectivity index (χ1n) is 5.54. The molecule has 0 saturated carbocycles. The van der Waals surface area contributed by atoms with E-state index in [1.54, 1.807) is 7.11 Å². The summed E-state index contributed by atoms with van der Waals surface area (Å²) in [6.07, 6.45) is 0.399. The summed E-state index contributed by atoms with van der Waals surface area (Å²) in [5.74, 6) is -0.505. The fourth-order valence-corrected chi connectivity index (χ4v) is 2.26. The third-order valence-electron chi connectivity index (χ3n) is 3.04. The quantitative estimate of drug-likeness (QED) is 0.589. The second kappa shape index (κ2) is 5.29. The van der Waals surface area contributed by atoms with E-state index in [0.717, 1.165) is 11.1 Å². The monoisotopic (exact) mass is 236 g/mol. The zero-order chi connectivity index (χ0) is 12.3. The van der Waals surface area contributed by atoms with Gasteiger partial charge in [-0.3, -0.25) is 4.79 Å². The Morgan fingerprint density at radius 3 is 2.82 bits per heavy atom. The Balaban J connectivity index is 2.23. The molecule has 0 aliphatic heterocycles. The van der Waals surface area contributed by atoms with Crippen LogP contribution in [0.5, 0.6) is 0 Å². The molecule has 1 aliphatic carbocycles. The number of methoxy groups -OCH3 is 2. The van der Waals surface area contributed by atoms with Crippen molar-refractivity contribution in [3.8, 4) is 0 Å². The molecule has 92 valence electrons. The minimum atomic E-state index is -0.271. The van der Waals surface area contributed by atoms with Crippen molar-refractivity contribution in [2.45, 2.75) is 12.5 Å². The van der Waals surface area contributed by atoms with Gasteiger partial charge in [-0.1, -0.05) is 24.3 Å². The van der Waals surface area contributed by atoms with Crippen LogP contribution in [0.1, 0.15) is 17.2 Å². The van der Waals surface area contributed by atoms with E-state index in [4.69, 9.17) is 14.2 Å². The van der Waals surface area contributed by atoms with Crippen molar-refractivity contribution in [1.29, 1.82) is 0 Å². The minimum absolute atomic E-state index is 0.173. The zero-order valence-corrected chi connectivity index (χ0v) is 10.0. The molecule has 0 saturated heterocycles. The average Bonchev–Trinajstić information content (AvgIpc) is 2.74. The van der Waals surface area contributed by atoms with Crippen LogP contribution in [0.15, 0.2) is 24.3 Å². The summed E-state index contributed by atoms with van der Waals surface area (Å²) in [5.41, 5.74) is 2.20. The molecule has 0 radical (unpaired) electrons. The first-order chi connectivity index (χ1) is 8.27. The molecule has 2 atom stereocenters. The second-order valence-electron chi connectivity index (χ2n) is 4.03. The number of hydrogen-bond donors (Lipinski definition) is 0. The molecule has 0 amide bonds. The molecule has 0 aromatic heterocycles. The number of carbonyl (C=O) groups is 1. The molecule has 1 aromatic carbocycles. The van der Waals surface area contributed by atoms with Crippen molar-refractivity contribution in [3.05, 3.63) is 35.4 Å². The van der Waals surface area contributed by atoms with Gasteiger partial charge in [-0.25, -0.2) is 0 Å². The lowest BCUT2D eigenvalue weighted by Crippen LogP contribution is -2.23. The molecule has 17 heavy (non-hydrogen) atoms. The van der Waals surface area contributed by atoms with Gasteiger partial charge in [0.1, 0.15) is 6.79 Å². The van der Waals surface area contributed by atoms with Crippen molar-refractivity contribution in [1.82, 2.24) is 0 Å². The summed E-state index contributed by atoms with van der Waals surface area (Å²) in [4.78, 5) is 11.7. The largest absolute Gasteiger partial charge is 0.469 e. The normalized spacial score (nSPS) is 22.2. The Labute approximate surface area is 100 Å². The van der Waals surface area contributed by atoms with Gasteiger partial charge in [-0.15, -0.1) is 0 Å². The third-order valence-corrected chi connectivity index (χ3v) is 3.04. The Kier molecular flexibility index (Phi) is 3.76. The van der Waals surface area contributed by atoms with Gasteiger partial charge >= 0.3 is 5.97 Å². The van der Waals surface area contributed by atoms with Crippen LogP contribution in [0.2, 0.25) is 0 Å². The van der Waals surface area contributed by atoms with Crippen LogP contribution in [0, 0.1) is 5.92 Å². The van der Waals surface area contributed by atoms with Gasteiger partial charge in [-0.2, -0.15) is 0 Å². The maximum Gasteiger partial charge on any atom is 0.312 e. The Morgan fingerprint density at radius 1 is 1.35 bits per heavy atom. The van der Waals surface area contributed by atoms with Crippen molar-refractivity contribution in [3.63, 3.8) is 0 Å². The highest BCUT2D eigenvalue weighted by Gasteiger charge is 2.38. The molecule has 0 unspecified atom stereocenters. The molecule has 4 heteroatoms. The Hall–Kier alpha value is -1.39. The van der Waals surface area contributed by atoms with Gasteiger partial charge in [0.25, 0.3) is 0 Å². The average molecular weight is 236 g/mol. The lowest BCUT2D eigenvalue weighted by Gasteiger charge is -2.18. The minimum Gasteiger partial charge on any atom is -0.469 e. The van der Waals surface area contributed by atoms with Crippen molar-refractivity contribution < 1.29 is 19.0 Å². The highest BCUT2D eigenvalue weighted by atomic mass is 16.7. The molecule has 1 aliphatic rings. The molecule has 0 bridgehead atoms. The van der Waals surface area contributed by atoms with E-state index < -0.39 is 0 Å². The summed E-state index contributed by atoms with van der Waals surface area (Å²) in [7, 11) is 2.96. The van der Waals surface area contributed by atoms with Gasteiger partial charge in [0.15, 0.2) is 0 Å². The molecule has 4 nitrogen and oxygen atoms in total. The van der Waals surface area contributed by atoms with Crippen molar-refractivity contribution >= 4 is 5.97 Å². The molecular formula is C13H16O4. The topological polar surface area (TPSA) is 44.8 Å². The van der Waals surface area contributed by atoms with Gasteiger partial charge in [0, 0.05) is 7.11 Å². The highest BCUT2D eigenvalue weighted by Crippen LogP contribution is 2.39. The fraction of sp³-hybridized carbons (Fsp3) is 0.462. The predicted octanol–water partition coefficient (Wildman–Crippen LogP) is 1.69. The predicted molar refractivity (Wildman–Crippen MR) is 61.4 cm³/mol. The number of benzene rings is 1. The van der Waals surface area contributed by atoms with Crippen LogP contribution in [0.25, 0.3) is 0 Å². The van der Waals surface area contributed by atoms with E-state index in [1.165, 1.54) is 7.11 Å². The summed E-state index contributed by atoms with van der Waals surface area (Å²) in [5, 5.41) is 0. The highest BCUT2D eigenvalue weighted by molar-refractivity contribution is 5.75. The first-order valence-corrected chi connectivity index (χ1v) is 5.54. The number of fused-ring (bicyclic) bond motifs is 1. The second-order valence-corrected chi connectivity index (χ2v) is 4.03. The van der Waals surface area contributed by atoms with Crippen LogP contribution < -0.4 is 0 Å². The van der Waals surface area contributed by atoms with Gasteiger partial charge in [0.2, 0.25) is 0 Å². The van der Waals surface area contributed by atoms with Crippen LogP contribution >= 0.6 is 0 Å². The van der Waals surface area contributed by atoms with Crippen LogP contribution in [0.4, 0.5) is 0 Å². The zero-order valence-electron chi connectivity index (χ0n) is 10.0. The van der Waals surface area contributed by atoms with Crippen molar-refractivity contribution in [2.75, 3.05) is 21.0 Å². The van der Waals surface area contributed by atoms with Gasteiger partial charge in [-0.05, 0) is 17.5 Å². The van der Waals surface area contributed by atoms with E-state index >= 15 is 0 Å². The van der Waals surface area contributed by atoms with Gasteiger partial charge in [0.05, 0.1) is 19.1 Å². The molecule has 1 aromatic rings. The number of rotatable bonds is 4. The maximum absolute atomic E-state index is 11.7. The molecule has 0 N–H and O–H groups in total. The van der Waals surface area contributed by atoms with E-state index in [2.05, 4.69) is 0 Å². The molecular weight excluding hydrogens is 220 g/mol. The van der Waals surface area contributed by atoms with Crippen LogP contribution in [-0.2, 0) is 25.4 Å². The molecule has 0 spiro atoms. The van der Waals surface area contributed by atoms with E-state index in [0.29, 0.717) is 6.42 Å². The fourth-order valence-electron chi connectivity index (χ4n) is 2.26. The van der Waals surface area contributed by atoms with E-state index in [9.17, 15) is 4.79 Å². The van der Waals surface area contributed by atoms with Gasteiger partial charge < -0.3 is 14.2 Å². The SMILES string of the molecule is COCO[C@@H]1c2ccccc2C[C@H]1C(=O)OC. The summed E-state index contributed by atoms with van der Waals surface area (Å²) in [6, 6.07) is 7.91. The van der Waals surface area contributed by atoms with Crippen LogP contribution in [0.3, 0.4) is 0 Å². The molecule has 0 heterocycles.